The number of carboxylic acid groups (broad SMARTS) is 1. The lowest BCUT2D eigenvalue weighted by Crippen LogP contribution is -2.51. The van der Waals surface area contributed by atoms with Gasteiger partial charge >= 0.3 is 0 Å². The molecule has 1 unspecified atom stereocenters. The van der Waals surface area contributed by atoms with Crippen molar-refractivity contribution in [2.45, 2.75) is 12.8 Å². The molecule has 0 aromatic heterocycles. The minimum Gasteiger partial charge on any atom is -0.550 e. The molecule has 1 rings (SSSR count). The number of hydrogen-bond acceptors (Lipinski definition) is 2. The Balaban J connectivity index is 2.53. The Kier molecular flexibility index (Phi) is 2.18. The first-order valence-electron chi connectivity index (χ1n) is 4.04. The van der Waals surface area contributed by atoms with E-state index in [0.29, 0.717) is 0 Å². The van der Waals surface area contributed by atoms with Crippen molar-refractivity contribution in [3.05, 3.63) is 0 Å². The van der Waals surface area contributed by atoms with Gasteiger partial charge in [-0.15, -0.1) is 0 Å². The normalized spacial score (nSPS) is 29.8. The molecule has 11 heavy (non-hydrogen) atoms. The van der Waals surface area contributed by atoms with Crippen LogP contribution in [0.3, 0.4) is 0 Å². The molecule has 1 heterocycles. The van der Waals surface area contributed by atoms with Gasteiger partial charge in [0.25, 0.3) is 0 Å². The van der Waals surface area contributed by atoms with Crippen molar-refractivity contribution in [1.82, 2.24) is 0 Å². The highest BCUT2D eigenvalue weighted by atomic mass is 16.4. The molecule has 0 aliphatic carbocycles. The quantitative estimate of drug-likeness (QED) is 0.469. The van der Waals surface area contributed by atoms with E-state index in [1.165, 1.54) is 0 Å². The Morgan fingerprint density at radius 1 is 1.55 bits per heavy atom. The highest BCUT2D eigenvalue weighted by molar-refractivity contribution is 5.67. The molecule has 0 radical (unpaired) electrons. The molecule has 3 heteroatoms. The maximum atomic E-state index is 10.5. The van der Waals surface area contributed by atoms with Crippen LogP contribution in [0.5, 0.6) is 0 Å². The second kappa shape index (κ2) is 2.81. The molecule has 0 bridgehead atoms. The predicted octanol–water partition coefficient (Wildman–Crippen LogP) is -0.777. The Labute approximate surface area is 67.2 Å². The standard InChI is InChI=1S/C8H15NO2/c1-9(2)5-3-4-7(6-9)8(10)11/h7H,3-6H2,1-2H3. The number of carbonyl (C=O) groups excluding carboxylic acids is 1. The van der Waals surface area contributed by atoms with Gasteiger partial charge in [0.1, 0.15) is 0 Å². The van der Waals surface area contributed by atoms with Crippen LogP contribution in [0.15, 0.2) is 0 Å². The van der Waals surface area contributed by atoms with Gasteiger partial charge in [0.2, 0.25) is 0 Å². The molecule has 1 aliphatic rings. The summed E-state index contributed by atoms with van der Waals surface area (Å²) in [6.07, 6.45) is 1.80. The third-order valence-electron chi connectivity index (χ3n) is 2.36. The van der Waals surface area contributed by atoms with Crippen LogP contribution in [-0.4, -0.2) is 37.6 Å². The predicted molar refractivity (Wildman–Crippen MR) is 39.6 cm³/mol. The zero-order chi connectivity index (χ0) is 8.48. The number of hydrogen-bond donors (Lipinski definition) is 0. The van der Waals surface area contributed by atoms with Gasteiger partial charge in [-0.25, -0.2) is 0 Å². The third kappa shape index (κ3) is 2.19. The lowest BCUT2D eigenvalue weighted by Gasteiger charge is -2.38. The minimum atomic E-state index is -0.879. The fourth-order valence-electron chi connectivity index (χ4n) is 1.74. The summed E-state index contributed by atoms with van der Waals surface area (Å²) < 4.78 is 0.818. The summed E-state index contributed by atoms with van der Waals surface area (Å²) in [5, 5.41) is 10.5. The summed E-state index contributed by atoms with van der Waals surface area (Å²) in [5.41, 5.74) is 0. The van der Waals surface area contributed by atoms with E-state index in [0.717, 1.165) is 30.4 Å². The monoisotopic (exact) mass is 157 g/mol. The van der Waals surface area contributed by atoms with Gasteiger partial charge in [0.15, 0.2) is 0 Å². The van der Waals surface area contributed by atoms with Crippen LogP contribution in [0.25, 0.3) is 0 Å². The summed E-state index contributed by atoms with van der Waals surface area (Å²) >= 11 is 0. The van der Waals surface area contributed by atoms with Crippen molar-refractivity contribution in [3.63, 3.8) is 0 Å². The second-order valence-electron chi connectivity index (χ2n) is 4.00. The second-order valence-corrected chi connectivity index (χ2v) is 4.00. The van der Waals surface area contributed by atoms with Gasteiger partial charge in [0, 0.05) is 5.92 Å². The van der Waals surface area contributed by atoms with E-state index >= 15 is 0 Å². The van der Waals surface area contributed by atoms with E-state index in [9.17, 15) is 9.90 Å². The van der Waals surface area contributed by atoms with Gasteiger partial charge in [-0.2, -0.15) is 0 Å². The first-order chi connectivity index (χ1) is 5.01. The lowest BCUT2D eigenvalue weighted by atomic mass is 9.97. The van der Waals surface area contributed by atoms with E-state index < -0.39 is 5.97 Å². The number of likely N-dealkylation sites (tertiary alicyclic amines) is 1. The maximum absolute atomic E-state index is 10.5. The Hall–Kier alpha value is -0.570. The van der Waals surface area contributed by atoms with Gasteiger partial charge in [-0.3, -0.25) is 0 Å². The average Bonchev–Trinajstić information content (AvgIpc) is 1.85. The Bertz CT molecular complexity index is 165. The molecule has 0 aromatic carbocycles. The molecule has 0 N–H and O–H groups in total. The van der Waals surface area contributed by atoms with Crippen LogP contribution in [0.1, 0.15) is 12.8 Å². The van der Waals surface area contributed by atoms with E-state index in [-0.39, 0.29) is 5.92 Å². The zero-order valence-electron chi connectivity index (χ0n) is 7.17. The maximum Gasteiger partial charge on any atom is 0.0864 e. The van der Waals surface area contributed by atoms with Crippen LogP contribution in [0.2, 0.25) is 0 Å². The molecule has 1 saturated heterocycles. The summed E-state index contributed by atoms with van der Waals surface area (Å²) in [6, 6.07) is 0. The van der Waals surface area contributed by atoms with Crippen molar-refractivity contribution in [2.24, 2.45) is 5.92 Å². The van der Waals surface area contributed by atoms with Crippen LogP contribution >= 0.6 is 0 Å². The zero-order valence-corrected chi connectivity index (χ0v) is 7.17. The third-order valence-corrected chi connectivity index (χ3v) is 2.36. The molecule has 0 amide bonds. The van der Waals surface area contributed by atoms with Gasteiger partial charge in [-0.05, 0) is 12.8 Å². The number of carboxylic acids is 1. The van der Waals surface area contributed by atoms with Crippen molar-refractivity contribution in [2.75, 3.05) is 27.2 Å². The summed E-state index contributed by atoms with van der Waals surface area (Å²) in [4.78, 5) is 10.5. The molecular formula is C8H15NO2. The Morgan fingerprint density at radius 3 is 2.55 bits per heavy atom. The molecule has 0 spiro atoms. The highest BCUT2D eigenvalue weighted by Gasteiger charge is 2.27. The number of carbonyl (C=O) groups is 1. The fourth-order valence-corrected chi connectivity index (χ4v) is 1.74. The SMILES string of the molecule is C[N+]1(C)CCCC(C(=O)[O-])C1. The first kappa shape index (κ1) is 8.53. The topological polar surface area (TPSA) is 40.1 Å². The number of rotatable bonds is 1. The van der Waals surface area contributed by atoms with Crippen LogP contribution in [0, 0.1) is 5.92 Å². The Morgan fingerprint density at radius 2 is 2.18 bits per heavy atom. The molecule has 1 fully saturated rings. The number of quaternary nitrogens is 1. The highest BCUT2D eigenvalue weighted by Crippen LogP contribution is 2.18. The number of nitrogens with zero attached hydrogens (tertiary/aromatic N) is 1. The molecular weight excluding hydrogens is 142 g/mol. The molecule has 1 atom stereocenters. The van der Waals surface area contributed by atoms with Gasteiger partial charge < -0.3 is 14.4 Å². The molecule has 3 nitrogen and oxygen atoms in total. The summed E-state index contributed by atoms with van der Waals surface area (Å²) in [7, 11) is 4.13. The number of piperidine rings is 1. The van der Waals surface area contributed by atoms with Crippen molar-refractivity contribution in [3.8, 4) is 0 Å². The smallest absolute Gasteiger partial charge is 0.0864 e. The van der Waals surface area contributed by atoms with Crippen molar-refractivity contribution < 1.29 is 14.4 Å². The van der Waals surface area contributed by atoms with E-state index in [1.807, 2.05) is 0 Å². The van der Waals surface area contributed by atoms with Gasteiger partial charge in [-0.1, -0.05) is 0 Å². The number of aliphatic carboxylic acids is 1. The van der Waals surface area contributed by atoms with Gasteiger partial charge in [0.05, 0.1) is 33.2 Å². The van der Waals surface area contributed by atoms with E-state index in [4.69, 9.17) is 0 Å². The van der Waals surface area contributed by atoms with E-state index in [2.05, 4.69) is 14.1 Å². The average molecular weight is 157 g/mol. The molecule has 1 aliphatic heterocycles. The minimum absolute atomic E-state index is 0.223. The van der Waals surface area contributed by atoms with Crippen molar-refractivity contribution >= 4 is 5.97 Å². The largest absolute Gasteiger partial charge is 0.550 e. The lowest BCUT2D eigenvalue weighted by molar-refractivity contribution is -0.897. The molecule has 0 aromatic rings. The summed E-state index contributed by atoms with van der Waals surface area (Å²) in [5.74, 6) is -1.10. The molecule has 64 valence electrons. The molecule has 0 saturated carbocycles. The fraction of sp³-hybridized carbons (Fsp3) is 0.875. The summed E-state index contributed by atoms with van der Waals surface area (Å²) in [6.45, 7) is 1.81. The van der Waals surface area contributed by atoms with Crippen molar-refractivity contribution in [1.29, 1.82) is 0 Å². The van der Waals surface area contributed by atoms with E-state index in [1.54, 1.807) is 0 Å². The van der Waals surface area contributed by atoms with Crippen LogP contribution in [0.4, 0.5) is 0 Å². The van der Waals surface area contributed by atoms with Crippen LogP contribution in [-0.2, 0) is 4.79 Å². The first-order valence-corrected chi connectivity index (χ1v) is 4.04. The van der Waals surface area contributed by atoms with Crippen LogP contribution < -0.4 is 5.11 Å².